The highest BCUT2D eigenvalue weighted by Gasteiger charge is 2.12. The van der Waals surface area contributed by atoms with Crippen LogP contribution in [0.3, 0.4) is 0 Å². The molecule has 1 aliphatic rings. The first-order chi connectivity index (χ1) is 9.26. The maximum absolute atomic E-state index is 9.01. The van der Waals surface area contributed by atoms with Gasteiger partial charge in [-0.05, 0) is 54.2 Å². The van der Waals surface area contributed by atoms with Crippen molar-refractivity contribution >= 4 is 11.6 Å². The van der Waals surface area contributed by atoms with Crippen molar-refractivity contribution in [1.82, 2.24) is 4.98 Å². The summed E-state index contributed by atoms with van der Waals surface area (Å²) in [6.45, 7) is -0.0775. The van der Waals surface area contributed by atoms with E-state index in [2.05, 4.69) is 17.1 Å². The molecule has 1 heterocycles. The highest BCUT2D eigenvalue weighted by atomic mass is 35.5. The van der Waals surface area contributed by atoms with Crippen LogP contribution in [0.15, 0.2) is 30.5 Å². The highest BCUT2D eigenvalue weighted by molar-refractivity contribution is 6.31. The summed E-state index contributed by atoms with van der Waals surface area (Å²) in [6, 6.07) is 7.77. The second-order valence-electron chi connectivity index (χ2n) is 4.67. The van der Waals surface area contributed by atoms with Gasteiger partial charge >= 0.3 is 0 Å². The van der Waals surface area contributed by atoms with E-state index in [9.17, 15) is 0 Å². The second kappa shape index (κ2) is 5.19. The van der Waals surface area contributed by atoms with Crippen LogP contribution in [0.2, 0.25) is 5.02 Å². The zero-order chi connectivity index (χ0) is 13.2. The molecule has 1 aromatic carbocycles. The summed E-state index contributed by atoms with van der Waals surface area (Å²) in [5.41, 5.74) is 3.42. The van der Waals surface area contributed by atoms with E-state index in [4.69, 9.17) is 21.4 Å². The van der Waals surface area contributed by atoms with Gasteiger partial charge in [-0.25, -0.2) is 4.98 Å². The number of ether oxygens (including phenoxy) is 1. The minimum Gasteiger partial charge on any atom is -0.438 e. The lowest BCUT2D eigenvalue weighted by Crippen LogP contribution is -1.93. The Kier molecular flexibility index (Phi) is 3.40. The number of fused-ring (bicyclic) bond motifs is 1. The van der Waals surface area contributed by atoms with Gasteiger partial charge in [-0.2, -0.15) is 0 Å². The van der Waals surface area contributed by atoms with E-state index in [-0.39, 0.29) is 6.61 Å². The van der Waals surface area contributed by atoms with Gasteiger partial charge in [0.2, 0.25) is 5.88 Å². The Morgan fingerprint density at radius 1 is 1.21 bits per heavy atom. The smallest absolute Gasteiger partial charge is 0.238 e. The van der Waals surface area contributed by atoms with Gasteiger partial charge < -0.3 is 9.84 Å². The van der Waals surface area contributed by atoms with Crippen molar-refractivity contribution in [2.75, 3.05) is 0 Å². The van der Waals surface area contributed by atoms with Crippen LogP contribution >= 0.6 is 11.6 Å². The fourth-order valence-corrected chi connectivity index (χ4v) is 2.58. The topological polar surface area (TPSA) is 42.4 Å². The summed E-state index contributed by atoms with van der Waals surface area (Å²) in [6.07, 6.45) is 5.04. The quantitative estimate of drug-likeness (QED) is 0.932. The van der Waals surface area contributed by atoms with E-state index in [1.54, 1.807) is 12.3 Å². The van der Waals surface area contributed by atoms with Gasteiger partial charge in [0.05, 0.1) is 6.61 Å². The molecule has 0 spiro atoms. The molecule has 19 heavy (non-hydrogen) atoms. The predicted octanol–water partition coefficient (Wildman–Crippen LogP) is 3.51. The number of aryl methyl sites for hydroxylation is 2. The number of pyridine rings is 1. The first-order valence-electron chi connectivity index (χ1n) is 6.31. The van der Waals surface area contributed by atoms with E-state index in [1.807, 2.05) is 6.07 Å². The number of aliphatic hydroxyl groups is 1. The van der Waals surface area contributed by atoms with Crippen molar-refractivity contribution < 1.29 is 9.84 Å². The maximum atomic E-state index is 9.01. The molecule has 0 aliphatic heterocycles. The molecule has 0 bridgehead atoms. The van der Waals surface area contributed by atoms with Crippen LogP contribution in [0.25, 0.3) is 0 Å². The predicted molar refractivity (Wildman–Crippen MR) is 73.7 cm³/mol. The lowest BCUT2D eigenvalue weighted by Gasteiger charge is -2.09. The summed E-state index contributed by atoms with van der Waals surface area (Å²) in [5, 5.41) is 9.42. The Morgan fingerprint density at radius 3 is 2.84 bits per heavy atom. The molecule has 3 nitrogen and oxygen atoms in total. The molecule has 1 aromatic heterocycles. The fourth-order valence-electron chi connectivity index (χ4n) is 2.35. The molecule has 0 saturated carbocycles. The van der Waals surface area contributed by atoms with Crippen LogP contribution in [-0.4, -0.2) is 10.1 Å². The van der Waals surface area contributed by atoms with Crippen LogP contribution in [0.5, 0.6) is 11.6 Å². The lowest BCUT2D eigenvalue weighted by molar-refractivity contribution is 0.281. The highest BCUT2D eigenvalue weighted by Crippen LogP contribution is 2.31. The van der Waals surface area contributed by atoms with Crippen LogP contribution in [-0.2, 0) is 19.4 Å². The van der Waals surface area contributed by atoms with E-state index in [1.165, 1.54) is 17.5 Å². The van der Waals surface area contributed by atoms with E-state index < -0.39 is 0 Å². The van der Waals surface area contributed by atoms with Crippen molar-refractivity contribution in [3.05, 3.63) is 52.2 Å². The zero-order valence-corrected chi connectivity index (χ0v) is 11.2. The average molecular weight is 276 g/mol. The third-order valence-electron chi connectivity index (χ3n) is 3.33. The van der Waals surface area contributed by atoms with Gasteiger partial charge in [0.15, 0.2) is 0 Å². The number of benzene rings is 1. The van der Waals surface area contributed by atoms with Crippen LogP contribution in [0, 0.1) is 0 Å². The molecule has 0 saturated heterocycles. The Bertz CT molecular complexity index is 613. The number of halogens is 1. The third kappa shape index (κ3) is 2.57. The summed E-state index contributed by atoms with van der Waals surface area (Å²) < 4.78 is 5.71. The van der Waals surface area contributed by atoms with Gasteiger partial charge in [-0.1, -0.05) is 17.7 Å². The molecule has 0 radical (unpaired) electrons. The summed E-state index contributed by atoms with van der Waals surface area (Å²) >= 11 is 6.08. The third-order valence-corrected chi connectivity index (χ3v) is 3.60. The molecule has 3 rings (SSSR count). The molecule has 0 fully saturated rings. The molecule has 2 aromatic rings. The van der Waals surface area contributed by atoms with Crippen molar-refractivity contribution in [3.63, 3.8) is 0 Å². The van der Waals surface area contributed by atoms with Gasteiger partial charge in [-0.15, -0.1) is 0 Å². The molecule has 1 aliphatic carbocycles. The van der Waals surface area contributed by atoms with E-state index >= 15 is 0 Å². The molecule has 4 heteroatoms. The van der Waals surface area contributed by atoms with Gasteiger partial charge in [0.25, 0.3) is 0 Å². The van der Waals surface area contributed by atoms with Crippen molar-refractivity contribution in [1.29, 1.82) is 0 Å². The van der Waals surface area contributed by atoms with Gasteiger partial charge in [-0.3, -0.25) is 0 Å². The minimum atomic E-state index is -0.0775. The number of hydrogen-bond acceptors (Lipinski definition) is 3. The first-order valence-corrected chi connectivity index (χ1v) is 6.69. The van der Waals surface area contributed by atoms with Crippen molar-refractivity contribution in [3.8, 4) is 11.6 Å². The standard InChI is InChI=1S/C15H14ClNO2/c16-14-6-10(9-18)8-17-15(14)19-13-5-4-11-2-1-3-12(11)7-13/h4-8,18H,1-3,9H2. The van der Waals surface area contributed by atoms with Crippen LogP contribution in [0.1, 0.15) is 23.1 Å². The number of rotatable bonds is 3. The van der Waals surface area contributed by atoms with E-state index in [0.29, 0.717) is 16.5 Å². The molecule has 98 valence electrons. The second-order valence-corrected chi connectivity index (χ2v) is 5.08. The van der Waals surface area contributed by atoms with E-state index in [0.717, 1.165) is 18.6 Å². The molecule has 0 amide bonds. The first kappa shape index (κ1) is 12.5. The van der Waals surface area contributed by atoms with Gasteiger partial charge in [0.1, 0.15) is 10.8 Å². The Morgan fingerprint density at radius 2 is 2.05 bits per heavy atom. The van der Waals surface area contributed by atoms with Crippen molar-refractivity contribution in [2.24, 2.45) is 0 Å². The van der Waals surface area contributed by atoms with Gasteiger partial charge in [0, 0.05) is 6.20 Å². The SMILES string of the molecule is OCc1cnc(Oc2ccc3c(c2)CCC3)c(Cl)c1. The monoisotopic (exact) mass is 275 g/mol. The molecule has 0 unspecified atom stereocenters. The summed E-state index contributed by atoms with van der Waals surface area (Å²) in [7, 11) is 0. The number of aliphatic hydroxyl groups excluding tert-OH is 1. The number of aromatic nitrogens is 1. The average Bonchev–Trinajstić information content (AvgIpc) is 2.88. The van der Waals surface area contributed by atoms with Crippen molar-refractivity contribution in [2.45, 2.75) is 25.9 Å². The number of nitrogens with zero attached hydrogens (tertiary/aromatic N) is 1. The van der Waals surface area contributed by atoms with Crippen LogP contribution in [0.4, 0.5) is 0 Å². The molecular weight excluding hydrogens is 262 g/mol. The normalized spacial score (nSPS) is 13.4. The largest absolute Gasteiger partial charge is 0.438 e. The lowest BCUT2D eigenvalue weighted by atomic mass is 10.1. The Hall–Kier alpha value is -1.58. The zero-order valence-electron chi connectivity index (χ0n) is 10.4. The molecular formula is C15H14ClNO2. The van der Waals surface area contributed by atoms with Crippen LogP contribution < -0.4 is 4.74 Å². The summed E-state index contributed by atoms with van der Waals surface area (Å²) in [4.78, 5) is 4.12. The Labute approximate surface area is 116 Å². The fraction of sp³-hybridized carbons (Fsp3) is 0.267. The molecule has 1 N–H and O–H groups in total. The molecule has 0 atom stereocenters. The summed E-state index contributed by atoms with van der Waals surface area (Å²) in [5.74, 6) is 1.13. The maximum Gasteiger partial charge on any atom is 0.238 e. The number of hydrogen-bond donors (Lipinski definition) is 1. The minimum absolute atomic E-state index is 0.0775. The Balaban J connectivity index is 1.85.